The quantitative estimate of drug-likeness (QED) is 0.814. The molecule has 1 aliphatic heterocycles. The zero-order valence-corrected chi connectivity index (χ0v) is 12.3. The van der Waals surface area contributed by atoms with E-state index in [1.807, 2.05) is 17.3 Å². The number of piperazine rings is 1. The third kappa shape index (κ3) is 3.77. The lowest BCUT2D eigenvalue weighted by Crippen LogP contribution is -2.49. The van der Waals surface area contributed by atoms with Crippen molar-refractivity contribution in [3.05, 3.63) is 30.1 Å². The predicted molar refractivity (Wildman–Crippen MR) is 77.3 cm³/mol. The van der Waals surface area contributed by atoms with Gasteiger partial charge in [-0.3, -0.25) is 14.7 Å². The van der Waals surface area contributed by atoms with Crippen LogP contribution in [0.5, 0.6) is 0 Å². The number of nitrogens with zero attached hydrogens (tertiary/aromatic N) is 3. The van der Waals surface area contributed by atoms with E-state index in [1.165, 1.54) is 5.56 Å². The number of pyridine rings is 1. The first-order chi connectivity index (χ1) is 9.72. The molecule has 0 saturated carbocycles. The first-order valence-electron chi connectivity index (χ1n) is 7.13. The van der Waals surface area contributed by atoms with Crippen LogP contribution < -0.4 is 0 Å². The first-order valence-corrected chi connectivity index (χ1v) is 7.13. The largest absolute Gasteiger partial charge is 0.384 e. The normalized spacial score (nSPS) is 18.0. The van der Waals surface area contributed by atoms with Crippen LogP contribution in [-0.2, 0) is 9.53 Å². The lowest BCUT2D eigenvalue weighted by atomic mass is 10.1. The average molecular weight is 277 g/mol. The van der Waals surface area contributed by atoms with Gasteiger partial charge in [0.1, 0.15) is 0 Å². The van der Waals surface area contributed by atoms with E-state index >= 15 is 0 Å². The summed E-state index contributed by atoms with van der Waals surface area (Å²) in [6, 6.07) is 4.48. The summed E-state index contributed by atoms with van der Waals surface area (Å²) in [4.78, 5) is 20.3. The van der Waals surface area contributed by atoms with Gasteiger partial charge in [0.15, 0.2) is 0 Å². The summed E-state index contributed by atoms with van der Waals surface area (Å²) in [6.45, 7) is 6.16. The molecule has 2 heterocycles. The minimum atomic E-state index is 0.197. The van der Waals surface area contributed by atoms with E-state index in [2.05, 4.69) is 28.9 Å². The number of aromatic nitrogens is 1. The highest BCUT2D eigenvalue weighted by molar-refractivity contribution is 5.76. The summed E-state index contributed by atoms with van der Waals surface area (Å²) in [6.07, 6.45) is 4.14. The second-order valence-electron chi connectivity index (χ2n) is 5.12. The number of carbonyl (C=O) groups is 1. The van der Waals surface area contributed by atoms with E-state index in [9.17, 15) is 4.79 Å². The minimum Gasteiger partial charge on any atom is -0.384 e. The van der Waals surface area contributed by atoms with Gasteiger partial charge in [0.25, 0.3) is 0 Å². The van der Waals surface area contributed by atoms with E-state index in [4.69, 9.17) is 4.74 Å². The molecule has 5 heteroatoms. The molecular formula is C15H23N3O2. The van der Waals surface area contributed by atoms with Crippen molar-refractivity contribution in [2.75, 3.05) is 39.9 Å². The van der Waals surface area contributed by atoms with Crippen LogP contribution in [0.3, 0.4) is 0 Å². The van der Waals surface area contributed by atoms with Crippen molar-refractivity contribution >= 4 is 5.91 Å². The Labute approximate surface area is 120 Å². The third-order valence-electron chi connectivity index (χ3n) is 3.92. The molecule has 2 rings (SSSR count). The predicted octanol–water partition coefficient (Wildman–Crippen LogP) is 1.32. The van der Waals surface area contributed by atoms with Gasteiger partial charge in [-0.15, -0.1) is 0 Å². The number of ether oxygens (including phenoxy) is 1. The molecule has 5 nitrogen and oxygen atoms in total. The van der Waals surface area contributed by atoms with Crippen molar-refractivity contribution in [1.29, 1.82) is 0 Å². The van der Waals surface area contributed by atoms with Gasteiger partial charge in [0.2, 0.25) is 5.91 Å². The number of amides is 1. The SMILES string of the molecule is COCCC(=O)N1CCN(C(C)c2ccncc2)CC1. The summed E-state index contributed by atoms with van der Waals surface area (Å²) in [5.41, 5.74) is 1.28. The summed E-state index contributed by atoms with van der Waals surface area (Å²) in [7, 11) is 1.63. The van der Waals surface area contributed by atoms with Gasteiger partial charge in [0, 0.05) is 51.7 Å². The van der Waals surface area contributed by atoms with E-state index in [1.54, 1.807) is 7.11 Å². The van der Waals surface area contributed by atoms with Gasteiger partial charge < -0.3 is 9.64 Å². The zero-order chi connectivity index (χ0) is 14.4. The molecule has 110 valence electrons. The van der Waals surface area contributed by atoms with Gasteiger partial charge in [-0.05, 0) is 24.6 Å². The molecule has 1 fully saturated rings. The van der Waals surface area contributed by atoms with E-state index in [-0.39, 0.29) is 5.91 Å². The van der Waals surface area contributed by atoms with Crippen molar-refractivity contribution in [3.8, 4) is 0 Å². The number of carbonyl (C=O) groups excluding carboxylic acids is 1. The summed E-state index contributed by atoms with van der Waals surface area (Å²) >= 11 is 0. The van der Waals surface area contributed by atoms with Crippen LogP contribution in [0, 0.1) is 0 Å². The Morgan fingerprint density at radius 1 is 1.30 bits per heavy atom. The number of methoxy groups -OCH3 is 1. The van der Waals surface area contributed by atoms with Crippen LogP contribution in [-0.4, -0.2) is 60.6 Å². The lowest BCUT2D eigenvalue weighted by molar-refractivity contribution is -0.134. The highest BCUT2D eigenvalue weighted by Gasteiger charge is 2.24. The molecule has 0 radical (unpaired) electrons. The maximum Gasteiger partial charge on any atom is 0.224 e. The molecule has 1 aliphatic rings. The van der Waals surface area contributed by atoms with Crippen LogP contribution in [0.2, 0.25) is 0 Å². The molecule has 1 aromatic rings. The standard InChI is InChI=1S/C15H23N3O2/c1-13(14-3-6-16-7-4-14)17-8-10-18(11-9-17)15(19)5-12-20-2/h3-4,6-7,13H,5,8-12H2,1-2H3. The Kier molecular flexibility index (Phi) is 5.49. The molecule has 0 N–H and O–H groups in total. The maximum atomic E-state index is 11.9. The van der Waals surface area contributed by atoms with Gasteiger partial charge in [-0.25, -0.2) is 0 Å². The van der Waals surface area contributed by atoms with Gasteiger partial charge in [-0.1, -0.05) is 0 Å². The fourth-order valence-corrected chi connectivity index (χ4v) is 2.56. The summed E-state index contributed by atoms with van der Waals surface area (Å²) in [5, 5.41) is 0. The van der Waals surface area contributed by atoms with E-state index in [0.717, 1.165) is 26.2 Å². The molecule has 1 saturated heterocycles. The smallest absolute Gasteiger partial charge is 0.224 e. The minimum absolute atomic E-state index is 0.197. The Balaban J connectivity index is 1.83. The van der Waals surface area contributed by atoms with Crippen molar-refractivity contribution in [3.63, 3.8) is 0 Å². The molecule has 0 aliphatic carbocycles. The Morgan fingerprint density at radius 3 is 2.55 bits per heavy atom. The molecular weight excluding hydrogens is 254 g/mol. The van der Waals surface area contributed by atoms with Crippen LogP contribution in [0.4, 0.5) is 0 Å². The zero-order valence-electron chi connectivity index (χ0n) is 12.3. The molecule has 20 heavy (non-hydrogen) atoms. The lowest BCUT2D eigenvalue weighted by Gasteiger charge is -2.38. The average Bonchev–Trinajstić information content (AvgIpc) is 2.53. The van der Waals surface area contributed by atoms with Crippen molar-refractivity contribution in [2.45, 2.75) is 19.4 Å². The van der Waals surface area contributed by atoms with Crippen molar-refractivity contribution < 1.29 is 9.53 Å². The molecule has 0 bridgehead atoms. The second-order valence-corrected chi connectivity index (χ2v) is 5.12. The molecule has 1 aromatic heterocycles. The molecule has 0 spiro atoms. The van der Waals surface area contributed by atoms with Crippen LogP contribution in [0.25, 0.3) is 0 Å². The van der Waals surface area contributed by atoms with Crippen LogP contribution in [0.1, 0.15) is 24.9 Å². The molecule has 1 unspecified atom stereocenters. The van der Waals surface area contributed by atoms with E-state index < -0.39 is 0 Å². The van der Waals surface area contributed by atoms with Gasteiger partial charge in [0.05, 0.1) is 13.0 Å². The Bertz CT molecular complexity index is 416. The third-order valence-corrected chi connectivity index (χ3v) is 3.92. The van der Waals surface area contributed by atoms with Gasteiger partial charge in [-0.2, -0.15) is 0 Å². The summed E-state index contributed by atoms with van der Waals surface area (Å²) < 4.78 is 4.96. The Morgan fingerprint density at radius 2 is 1.95 bits per heavy atom. The van der Waals surface area contributed by atoms with Crippen molar-refractivity contribution in [1.82, 2.24) is 14.8 Å². The Hall–Kier alpha value is -1.46. The molecule has 0 aromatic carbocycles. The first kappa shape index (κ1) is 14.9. The molecule has 1 atom stereocenters. The fourth-order valence-electron chi connectivity index (χ4n) is 2.56. The van der Waals surface area contributed by atoms with Crippen LogP contribution in [0.15, 0.2) is 24.5 Å². The monoisotopic (exact) mass is 277 g/mol. The maximum absolute atomic E-state index is 11.9. The topological polar surface area (TPSA) is 45.7 Å². The number of hydrogen-bond acceptors (Lipinski definition) is 4. The second kappa shape index (κ2) is 7.36. The van der Waals surface area contributed by atoms with Crippen molar-refractivity contribution in [2.24, 2.45) is 0 Å². The number of hydrogen-bond donors (Lipinski definition) is 0. The van der Waals surface area contributed by atoms with E-state index in [0.29, 0.717) is 19.1 Å². The summed E-state index contributed by atoms with van der Waals surface area (Å²) in [5.74, 6) is 0.197. The fraction of sp³-hybridized carbons (Fsp3) is 0.600. The highest BCUT2D eigenvalue weighted by Crippen LogP contribution is 2.20. The van der Waals surface area contributed by atoms with Crippen LogP contribution >= 0.6 is 0 Å². The number of rotatable bonds is 5. The highest BCUT2D eigenvalue weighted by atomic mass is 16.5. The van der Waals surface area contributed by atoms with Gasteiger partial charge >= 0.3 is 0 Å². The molecule has 1 amide bonds.